The number of imidazole rings is 1. The number of amides is 3. The molecule has 198 valence electrons. The monoisotopic (exact) mass is 512 g/mol. The summed E-state index contributed by atoms with van der Waals surface area (Å²) >= 11 is 1.57. The summed E-state index contributed by atoms with van der Waals surface area (Å²) in [4.78, 5) is 57.4. The van der Waals surface area contributed by atoms with E-state index in [0.717, 1.165) is 0 Å². The lowest BCUT2D eigenvalue weighted by atomic mass is 9.96. The molecule has 1 aromatic rings. The van der Waals surface area contributed by atoms with Gasteiger partial charge in [0.1, 0.15) is 18.1 Å². The molecule has 3 amide bonds. The van der Waals surface area contributed by atoms with Crippen molar-refractivity contribution in [3.05, 3.63) is 18.2 Å². The van der Waals surface area contributed by atoms with Gasteiger partial charge >= 0.3 is 5.97 Å². The smallest absolute Gasteiger partial charge is 0.326 e. The molecule has 35 heavy (non-hydrogen) atoms. The second-order valence-corrected chi connectivity index (χ2v) is 10.1. The van der Waals surface area contributed by atoms with Gasteiger partial charge in [-0.15, -0.1) is 0 Å². The van der Waals surface area contributed by atoms with Crippen molar-refractivity contribution in [1.29, 1.82) is 0 Å². The summed E-state index contributed by atoms with van der Waals surface area (Å²) in [5.74, 6) is -2.28. The molecule has 5 unspecified atom stereocenters. The zero-order valence-corrected chi connectivity index (χ0v) is 22.0. The molecule has 5 atom stereocenters. The Balaban J connectivity index is 3.05. The van der Waals surface area contributed by atoms with E-state index in [1.54, 1.807) is 24.9 Å². The van der Waals surface area contributed by atoms with Crippen molar-refractivity contribution < 1.29 is 24.3 Å². The third-order valence-electron chi connectivity index (χ3n) is 5.70. The van der Waals surface area contributed by atoms with Crippen LogP contribution in [0.5, 0.6) is 0 Å². The van der Waals surface area contributed by atoms with Crippen LogP contribution in [-0.2, 0) is 25.6 Å². The number of aliphatic carboxylic acids is 1. The first kappa shape index (κ1) is 30.4. The van der Waals surface area contributed by atoms with Crippen molar-refractivity contribution in [2.24, 2.45) is 17.6 Å². The van der Waals surface area contributed by atoms with E-state index in [1.165, 1.54) is 6.33 Å². The van der Waals surface area contributed by atoms with Crippen LogP contribution in [-0.4, -0.2) is 74.9 Å². The molecule has 0 bridgehead atoms. The first-order valence-electron chi connectivity index (χ1n) is 11.9. The van der Waals surface area contributed by atoms with Crippen molar-refractivity contribution in [1.82, 2.24) is 25.9 Å². The predicted molar refractivity (Wildman–Crippen MR) is 136 cm³/mol. The van der Waals surface area contributed by atoms with Crippen LogP contribution < -0.4 is 21.7 Å². The Bertz CT molecular complexity index is 819. The maximum absolute atomic E-state index is 13.3. The summed E-state index contributed by atoms with van der Waals surface area (Å²) in [7, 11) is 0. The van der Waals surface area contributed by atoms with Gasteiger partial charge in [0.25, 0.3) is 0 Å². The Morgan fingerprint density at radius 3 is 2.26 bits per heavy atom. The van der Waals surface area contributed by atoms with Gasteiger partial charge < -0.3 is 31.8 Å². The van der Waals surface area contributed by atoms with Crippen molar-refractivity contribution in [3.8, 4) is 0 Å². The van der Waals surface area contributed by atoms with E-state index >= 15 is 0 Å². The molecule has 0 fully saturated rings. The topological polar surface area (TPSA) is 179 Å². The third kappa shape index (κ3) is 10.7. The number of hydrogen-bond acceptors (Lipinski definition) is 7. The van der Waals surface area contributed by atoms with Crippen LogP contribution >= 0.6 is 11.8 Å². The molecule has 0 aliphatic rings. The van der Waals surface area contributed by atoms with Crippen LogP contribution in [0, 0.1) is 11.8 Å². The van der Waals surface area contributed by atoms with Crippen LogP contribution in [0.25, 0.3) is 0 Å². The zero-order valence-electron chi connectivity index (χ0n) is 21.2. The highest BCUT2D eigenvalue weighted by Crippen LogP contribution is 2.12. The number of hydrogen-bond donors (Lipinski definition) is 6. The largest absolute Gasteiger partial charge is 0.480 e. The maximum atomic E-state index is 13.3. The minimum Gasteiger partial charge on any atom is -0.480 e. The Kier molecular flexibility index (Phi) is 13.4. The molecular weight excluding hydrogens is 472 g/mol. The van der Waals surface area contributed by atoms with Crippen molar-refractivity contribution in [2.75, 3.05) is 12.0 Å². The highest BCUT2D eigenvalue weighted by molar-refractivity contribution is 7.98. The summed E-state index contributed by atoms with van der Waals surface area (Å²) in [6, 6.07) is -3.83. The summed E-state index contributed by atoms with van der Waals surface area (Å²) < 4.78 is 0. The molecule has 1 aromatic heterocycles. The minimum atomic E-state index is -1.13. The number of rotatable bonds is 16. The zero-order chi connectivity index (χ0) is 26.5. The fraction of sp³-hybridized carbons (Fsp3) is 0.696. The summed E-state index contributed by atoms with van der Waals surface area (Å²) in [5, 5.41) is 17.5. The molecule has 0 aliphatic heterocycles. The quantitative estimate of drug-likeness (QED) is 0.187. The number of aromatic nitrogens is 2. The lowest BCUT2D eigenvalue weighted by molar-refractivity contribution is -0.143. The highest BCUT2D eigenvalue weighted by atomic mass is 32.2. The number of nitrogens with two attached hydrogens (primary N) is 1. The van der Waals surface area contributed by atoms with Gasteiger partial charge in [-0.3, -0.25) is 14.4 Å². The molecule has 0 aliphatic carbocycles. The van der Waals surface area contributed by atoms with Crippen LogP contribution in [0.3, 0.4) is 0 Å². The molecule has 1 heterocycles. The maximum Gasteiger partial charge on any atom is 0.326 e. The Morgan fingerprint density at radius 1 is 1.09 bits per heavy atom. The average molecular weight is 513 g/mol. The third-order valence-corrected chi connectivity index (χ3v) is 6.34. The number of aromatic amines is 1. The summed E-state index contributed by atoms with van der Waals surface area (Å²) in [5.41, 5.74) is 6.59. The van der Waals surface area contributed by atoms with Gasteiger partial charge in [0.05, 0.1) is 12.4 Å². The normalized spacial score (nSPS) is 15.5. The van der Waals surface area contributed by atoms with Gasteiger partial charge in [-0.1, -0.05) is 34.1 Å². The molecule has 11 nitrogen and oxygen atoms in total. The lowest BCUT2D eigenvalue weighted by Gasteiger charge is -2.28. The Hall–Kier alpha value is -2.60. The predicted octanol–water partition coefficient (Wildman–Crippen LogP) is 0.664. The van der Waals surface area contributed by atoms with Gasteiger partial charge in [-0.2, -0.15) is 11.8 Å². The van der Waals surface area contributed by atoms with E-state index in [1.807, 2.05) is 27.0 Å². The highest BCUT2D eigenvalue weighted by Gasteiger charge is 2.33. The van der Waals surface area contributed by atoms with Gasteiger partial charge in [-0.25, -0.2) is 9.78 Å². The van der Waals surface area contributed by atoms with Crippen LogP contribution in [0.1, 0.15) is 52.7 Å². The van der Waals surface area contributed by atoms with Crippen LogP contribution in [0.2, 0.25) is 0 Å². The number of carboxylic acid groups (broad SMARTS) is 1. The van der Waals surface area contributed by atoms with E-state index in [2.05, 4.69) is 25.9 Å². The molecule has 0 spiro atoms. The molecule has 7 N–H and O–H groups in total. The molecule has 0 saturated heterocycles. The number of H-pyrrole nitrogens is 1. The molecule has 0 radical (unpaired) electrons. The average Bonchev–Trinajstić information content (AvgIpc) is 3.31. The summed E-state index contributed by atoms with van der Waals surface area (Å²) in [6.45, 7) is 7.39. The first-order chi connectivity index (χ1) is 16.5. The SMILES string of the molecule is CCC(C)C(NC(=O)C(Cc1cnc[nH]1)NC(=O)C(N)CCSC)C(=O)NC(CC(C)C)C(=O)O. The molecule has 0 aromatic carbocycles. The van der Waals surface area contributed by atoms with Crippen molar-refractivity contribution in [2.45, 2.75) is 77.5 Å². The Labute approximate surface area is 211 Å². The second kappa shape index (κ2) is 15.4. The van der Waals surface area contributed by atoms with E-state index in [4.69, 9.17) is 5.73 Å². The molecular formula is C23H40N6O5S. The number of nitrogens with zero attached hydrogens (tertiary/aromatic N) is 1. The van der Waals surface area contributed by atoms with Crippen molar-refractivity contribution in [3.63, 3.8) is 0 Å². The fourth-order valence-electron chi connectivity index (χ4n) is 3.39. The number of carbonyl (C=O) groups is 4. The number of thioether (sulfide) groups is 1. The molecule has 0 saturated carbocycles. The molecule has 1 rings (SSSR count). The van der Waals surface area contributed by atoms with Gasteiger partial charge in [-0.05, 0) is 36.7 Å². The molecule has 12 heteroatoms. The number of nitrogens with one attached hydrogen (secondary N) is 4. The van der Waals surface area contributed by atoms with Crippen molar-refractivity contribution >= 4 is 35.5 Å². The standard InChI is InChI=1S/C23H40N6O5S/c1-6-14(4)19(22(32)28-18(23(33)34)9-13(2)3)29-21(31)17(10-15-11-25-12-26-15)27-20(30)16(24)7-8-35-5/h11-14,16-19H,6-10,24H2,1-5H3,(H,25,26)(H,27,30)(H,28,32)(H,29,31)(H,33,34). The van der Waals surface area contributed by atoms with Gasteiger partial charge in [0.15, 0.2) is 0 Å². The fourth-order valence-corrected chi connectivity index (χ4v) is 3.88. The van der Waals surface area contributed by atoms with E-state index in [0.29, 0.717) is 24.3 Å². The summed E-state index contributed by atoms with van der Waals surface area (Å²) in [6.07, 6.45) is 6.32. The Morgan fingerprint density at radius 2 is 1.74 bits per heavy atom. The first-order valence-corrected chi connectivity index (χ1v) is 13.2. The van der Waals surface area contributed by atoms with E-state index in [-0.39, 0.29) is 24.7 Å². The van der Waals surface area contributed by atoms with E-state index in [9.17, 15) is 24.3 Å². The number of carboxylic acids is 1. The van der Waals surface area contributed by atoms with Crippen LogP contribution in [0.15, 0.2) is 12.5 Å². The van der Waals surface area contributed by atoms with Crippen LogP contribution in [0.4, 0.5) is 0 Å². The minimum absolute atomic E-state index is 0.0531. The second-order valence-electron chi connectivity index (χ2n) is 9.13. The number of carbonyl (C=O) groups excluding carboxylic acids is 3. The lowest BCUT2D eigenvalue weighted by Crippen LogP contribution is -2.59. The van der Waals surface area contributed by atoms with Gasteiger partial charge in [0.2, 0.25) is 17.7 Å². The van der Waals surface area contributed by atoms with Gasteiger partial charge in [0, 0.05) is 18.3 Å². The van der Waals surface area contributed by atoms with E-state index < -0.39 is 47.9 Å².